The summed E-state index contributed by atoms with van der Waals surface area (Å²) in [5.74, 6) is -0.221. The van der Waals surface area contributed by atoms with Crippen molar-refractivity contribution in [2.24, 2.45) is 0 Å². The first-order chi connectivity index (χ1) is 6.84. The molecule has 2 nitrogen and oxygen atoms in total. The number of hydrogen-bond acceptors (Lipinski definition) is 2. The maximum absolute atomic E-state index is 11.3. The third-order valence-electron chi connectivity index (χ3n) is 2.48. The minimum absolute atomic E-state index is 0.221. The molecule has 0 radical (unpaired) electrons. The Balaban J connectivity index is 2.65. The molecule has 0 amide bonds. The molecule has 0 aromatic rings. The number of ether oxygens (including phenoxy) is 1. The highest BCUT2D eigenvalue weighted by Crippen LogP contribution is 2.14. The molecule has 0 bridgehead atoms. The molecule has 0 atom stereocenters. The minimum Gasteiger partial charge on any atom is -0.465 e. The molecule has 14 heavy (non-hydrogen) atoms. The van der Waals surface area contributed by atoms with Gasteiger partial charge in [-0.3, -0.25) is 0 Å². The summed E-state index contributed by atoms with van der Waals surface area (Å²) < 4.78 is 4.70. The molecule has 0 N–H and O–H groups in total. The molecule has 78 valence electrons. The topological polar surface area (TPSA) is 26.3 Å². The first-order valence-electron chi connectivity index (χ1n) is 5.37. The summed E-state index contributed by atoms with van der Waals surface area (Å²) in [6, 6.07) is 0. The summed E-state index contributed by atoms with van der Waals surface area (Å²) in [5, 5.41) is 0. The van der Waals surface area contributed by atoms with E-state index in [0.717, 1.165) is 19.3 Å². The fraction of sp³-hybridized carbons (Fsp3) is 0.667. The summed E-state index contributed by atoms with van der Waals surface area (Å²) in [7, 11) is 1.43. The van der Waals surface area contributed by atoms with Gasteiger partial charge in [0, 0.05) is 0 Å². The Kier molecular flexibility index (Phi) is 5.09. The summed E-state index contributed by atoms with van der Waals surface area (Å²) in [6.45, 7) is 0. The maximum atomic E-state index is 11.3. The third kappa shape index (κ3) is 3.80. The number of esters is 1. The molecular formula is C12H18O2. The Hall–Kier alpha value is -1.01. The lowest BCUT2D eigenvalue weighted by molar-refractivity contribution is -0.136. The SMILES string of the molecule is COC(=O)C1=C=CCCCCCCC1. The molecule has 0 heterocycles. The molecule has 0 fully saturated rings. The summed E-state index contributed by atoms with van der Waals surface area (Å²) in [4.78, 5) is 11.3. The molecule has 0 aliphatic heterocycles. The molecule has 0 saturated heterocycles. The lowest BCUT2D eigenvalue weighted by atomic mass is 10.0. The van der Waals surface area contributed by atoms with E-state index >= 15 is 0 Å². The van der Waals surface area contributed by atoms with Gasteiger partial charge in [0.15, 0.2) is 0 Å². The van der Waals surface area contributed by atoms with Crippen molar-refractivity contribution in [3.8, 4) is 0 Å². The lowest BCUT2D eigenvalue weighted by Crippen LogP contribution is -2.04. The summed E-state index contributed by atoms with van der Waals surface area (Å²) in [6.07, 6.45) is 9.88. The zero-order chi connectivity index (χ0) is 10.2. The van der Waals surface area contributed by atoms with Crippen molar-refractivity contribution in [1.82, 2.24) is 0 Å². The highest BCUT2D eigenvalue weighted by molar-refractivity contribution is 5.87. The van der Waals surface area contributed by atoms with Gasteiger partial charge in [-0.1, -0.05) is 19.3 Å². The Morgan fingerprint density at radius 3 is 2.79 bits per heavy atom. The van der Waals surface area contributed by atoms with Gasteiger partial charge in [0.1, 0.15) is 0 Å². The van der Waals surface area contributed by atoms with E-state index < -0.39 is 0 Å². The van der Waals surface area contributed by atoms with Crippen LogP contribution >= 0.6 is 0 Å². The maximum Gasteiger partial charge on any atom is 0.341 e. The van der Waals surface area contributed by atoms with Gasteiger partial charge in [-0.2, -0.15) is 0 Å². The normalized spacial score (nSPS) is 18.5. The highest BCUT2D eigenvalue weighted by Gasteiger charge is 2.08. The van der Waals surface area contributed by atoms with Crippen LogP contribution in [0.4, 0.5) is 0 Å². The van der Waals surface area contributed by atoms with Crippen LogP contribution < -0.4 is 0 Å². The van der Waals surface area contributed by atoms with Crippen molar-refractivity contribution in [3.63, 3.8) is 0 Å². The number of rotatable bonds is 1. The summed E-state index contributed by atoms with van der Waals surface area (Å²) in [5.41, 5.74) is 3.76. The predicted molar refractivity (Wildman–Crippen MR) is 55.9 cm³/mol. The van der Waals surface area contributed by atoms with Crippen LogP contribution in [-0.4, -0.2) is 13.1 Å². The standard InChI is InChI=1S/C12H18O2/c1-14-12(13)11-9-7-5-3-2-4-6-8-10-11/h7H,2-6,8,10H2,1H3. The van der Waals surface area contributed by atoms with Crippen LogP contribution in [0.25, 0.3) is 0 Å². The van der Waals surface area contributed by atoms with Crippen molar-refractivity contribution in [2.75, 3.05) is 7.11 Å². The van der Waals surface area contributed by atoms with Crippen molar-refractivity contribution in [2.45, 2.75) is 44.9 Å². The molecule has 0 aromatic heterocycles. The average Bonchev–Trinajstić information content (AvgIpc) is 2.24. The molecule has 1 aliphatic carbocycles. The number of carbonyl (C=O) groups excluding carboxylic acids is 1. The van der Waals surface area contributed by atoms with Gasteiger partial charge < -0.3 is 4.74 Å². The lowest BCUT2D eigenvalue weighted by Gasteiger charge is -2.04. The fourth-order valence-corrected chi connectivity index (χ4v) is 1.63. The number of methoxy groups -OCH3 is 1. The Bertz CT molecular complexity index is 247. The monoisotopic (exact) mass is 194 g/mol. The van der Waals surface area contributed by atoms with E-state index in [-0.39, 0.29) is 5.97 Å². The number of carbonyl (C=O) groups is 1. The minimum atomic E-state index is -0.221. The second-order valence-corrected chi connectivity index (χ2v) is 3.63. The first kappa shape index (κ1) is 11.1. The van der Waals surface area contributed by atoms with Crippen LogP contribution in [0.1, 0.15) is 44.9 Å². The van der Waals surface area contributed by atoms with Crippen molar-refractivity contribution >= 4 is 5.97 Å². The van der Waals surface area contributed by atoms with E-state index in [0.29, 0.717) is 5.57 Å². The van der Waals surface area contributed by atoms with Gasteiger partial charge >= 0.3 is 5.97 Å². The van der Waals surface area contributed by atoms with Crippen LogP contribution in [0.5, 0.6) is 0 Å². The van der Waals surface area contributed by atoms with Crippen molar-refractivity contribution in [3.05, 3.63) is 17.4 Å². The van der Waals surface area contributed by atoms with Crippen LogP contribution in [0.2, 0.25) is 0 Å². The molecule has 1 aliphatic rings. The van der Waals surface area contributed by atoms with E-state index in [4.69, 9.17) is 4.74 Å². The molecule has 0 spiro atoms. The quantitative estimate of drug-likeness (QED) is 0.474. The van der Waals surface area contributed by atoms with E-state index in [2.05, 4.69) is 5.73 Å². The molecule has 0 aromatic carbocycles. The Morgan fingerprint density at radius 2 is 2.00 bits per heavy atom. The molecule has 0 saturated carbocycles. The van der Waals surface area contributed by atoms with Crippen molar-refractivity contribution in [1.29, 1.82) is 0 Å². The van der Waals surface area contributed by atoms with Gasteiger partial charge in [0.05, 0.1) is 12.7 Å². The second-order valence-electron chi connectivity index (χ2n) is 3.63. The highest BCUT2D eigenvalue weighted by atomic mass is 16.5. The second kappa shape index (κ2) is 6.44. The van der Waals surface area contributed by atoms with Crippen LogP contribution in [-0.2, 0) is 9.53 Å². The van der Waals surface area contributed by atoms with Crippen LogP contribution in [0, 0.1) is 0 Å². The predicted octanol–water partition coefficient (Wildman–Crippen LogP) is 2.99. The molecule has 0 unspecified atom stereocenters. The van der Waals surface area contributed by atoms with Gasteiger partial charge in [-0.15, -0.1) is 5.73 Å². The zero-order valence-electron chi connectivity index (χ0n) is 8.84. The van der Waals surface area contributed by atoms with Gasteiger partial charge in [-0.05, 0) is 31.8 Å². The van der Waals surface area contributed by atoms with Crippen LogP contribution in [0.3, 0.4) is 0 Å². The summed E-state index contributed by atoms with van der Waals surface area (Å²) >= 11 is 0. The van der Waals surface area contributed by atoms with E-state index in [1.165, 1.54) is 32.8 Å². The zero-order valence-corrected chi connectivity index (χ0v) is 8.84. The van der Waals surface area contributed by atoms with E-state index in [9.17, 15) is 4.79 Å². The molecule has 1 rings (SSSR count). The van der Waals surface area contributed by atoms with E-state index in [1.807, 2.05) is 6.08 Å². The van der Waals surface area contributed by atoms with Crippen molar-refractivity contribution < 1.29 is 9.53 Å². The smallest absolute Gasteiger partial charge is 0.341 e. The van der Waals surface area contributed by atoms with Gasteiger partial charge in [0.2, 0.25) is 0 Å². The van der Waals surface area contributed by atoms with Gasteiger partial charge in [-0.25, -0.2) is 4.79 Å². The number of hydrogen-bond donors (Lipinski definition) is 0. The molecular weight excluding hydrogens is 176 g/mol. The average molecular weight is 194 g/mol. The largest absolute Gasteiger partial charge is 0.465 e. The van der Waals surface area contributed by atoms with E-state index in [1.54, 1.807) is 0 Å². The Morgan fingerprint density at radius 1 is 1.29 bits per heavy atom. The third-order valence-corrected chi connectivity index (χ3v) is 2.48. The molecule has 2 heteroatoms. The first-order valence-corrected chi connectivity index (χ1v) is 5.37. The fourth-order valence-electron chi connectivity index (χ4n) is 1.63. The van der Waals surface area contributed by atoms with Gasteiger partial charge in [0.25, 0.3) is 0 Å². The Labute approximate surface area is 85.6 Å². The van der Waals surface area contributed by atoms with Crippen LogP contribution in [0.15, 0.2) is 17.4 Å².